The lowest BCUT2D eigenvalue weighted by atomic mass is 9.44. The first-order valence-electron chi connectivity index (χ1n) is 24.5. The van der Waals surface area contributed by atoms with Crippen molar-refractivity contribution in [2.24, 2.45) is 70.0 Å². The molecule has 4 heterocycles. The maximum absolute atomic E-state index is 14.4. The second-order valence-corrected chi connectivity index (χ2v) is 22.6. The van der Waals surface area contributed by atoms with Crippen molar-refractivity contribution in [1.82, 2.24) is 14.5 Å². The smallest absolute Gasteiger partial charge is 0.313 e. The van der Waals surface area contributed by atoms with Gasteiger partial charge in [-0.1, -0.05) is 47.0 Å². The number of cyclic esters (lactones) is 1. The summed E-state index contributed by atoms with van der Waals surface area (Å²) in [7, 11) is 0. The Morgan fingerprint density at radius 1 is 0.984 bits per heavy atom. The molecule has 9 rings (SSSR count). The number of hydrogen-bond acceptors (Lipinski definition) is 8. The van der Waals surface area contributed by atoms with E-state index >= 15 is 0 Å². The molecule has 64 heavy (non-hydrogen) atoms. The normalized spacial score (nSPS) is 43.8. The molecule has 3 aromatic heterocycles. The molecule has 0 amide bonds. The number of fused-ring (bicyclic) bond motifs is 8. The van der Waals surface area contributed by atoms with Gasteiger partial charge in [-0.05, 0) is 135 Å². The second-order valence-electron chi connectivity index (χ2n) is 22.6. The SMILES string of the molecule is CC(C)CC[C@@H]1C[C@H]([C@H]2COC(=O)[C@@H]2c2cc[nH]c2)C#CC[C@H]2C[C@@]3(O)C4=CC(=O)[C@@H]5C[C@@H](O)[C@@H](O)C[C@]5(C)[C@H]4CC[C@]3(CCn3cc4cc[nH]c4c3)[C@H]2[C@@](C)(O)[C@H](O)C[C@@H](C)[C@@H]1C. The number of ketones is 1. The third kappa shape index (κ3) is 7.46. The quantitative estimate of drug-likeness (QED) is 0.0910. The number of aromatic nitrogens is 3. The minimum absolute atomic E-state index is 0.0341. The maximum atomic E-state index is 14.4. The van der Waals surface area contributed by atoms with E-state index in [0.717, 1.165) is 35.7 Å². The number of ether oxygens (including phenoxy) is 1. The van der Waals surface area contributed by atoms with Crippen molar-refractivity contribution in [3.63, 3.8) is 0 Å². The molecular formula is C53H73N3O8. The Hall–Kier alpha value is -3.66. The number of esters is 1. The zero-order chi connectivity index (χ0) is 45.5. The second kappa shape index (κ2) is 16.9. The summed E-state index contributed by atoms with van der Waals surface area (Å²) >= 11 is 0. The van der Waals surface area contributed by atoms with Crippen LogP contribution >= 0.6 is 0 Å². The van der Waals surface area contributed by atoms with Crippen LogP contribution in [-0.4, -0.2) is 87.9 Å². The summed E-state index contributed by atoms with van der Waals surface area (Å²) in [6.07, 6.45) is 14.4. The monoisotopic (exact) mass is 880 g/mol. The fourth-order valence-corrected chi connectivity index (χ4v) is 15.0. The van der Waals surface area contributed by atoms with Crippen LogP contribution in [0.4, 0.5) is 0 Å². The van der Waals surface area contributed by atoms with Gasteiger partial charge in [-0.15, -0.1) is 5.92 Å². The van der Waals surface area contributed by atoms with Gasteiger partial charge in [-0.25, -0.2) is 0 Å². The molecular weight excluding hydrogens is 807 g/mol. The number of allylic oxidation sites excluding steroid dienone is 1. The lowest BCUT2D eigenvalue weighted by molar-refractivity contribution is -0.190. The predicted molar refractivity (Wildman–Crippen MR) is 244 cm³/mol. The van der Waals surface area contributed by atoms with Crippen LogP contribution in [0.1, 0.15) is 124 Å². The molecule has 3 saturated carbocycles. The minimum atomic E-state index is -1.64. The predicted octanol–water partition coefficient (Wildman–Crippen LogP) is 7.30. The van der Waals surface area contributed by atoms with E-state index in [0.29, 0.717) is 56.7 Å². The third-order valence-electron chi connectivity index (χ3n) is 18.7. The highest BCUT2D eigenvalue weighted by atomic mass is 16.5. The summed E-state index contributed by atoms with van der Waals surface area (Å²) in [6.45, 7) is 13.7. The fourth-order valence-electron chi connectivity index (χ4n) is 15.0. The standard InChI is InChI=1S/C53H73N3O8/c1-30(2)10-11-33-21-34(38-29-64-49(61)47(38)36-13-17-54-26-36)8-7-9-35-24-53(63)40-22-43(57)41-23-44(58)45(59)25-50(41,5)39(40)12-15-52(53,16-19-56-27-37-14-18-55-42(37)28-56)48(35)51(6,62)46(60)20-31(3)32(33)4/h13-14,17-18,22,26-28,30-35,38-39,41,44-48,54-55,58-60,62-63H,9-12,15-16,19-21,23-25,29H2,1-6H3/t31-,32+,33-,34-,35+,38-,39+,41+,44-,45+,46-,47-,48-,50-,51+,52+,53-/m1/s1. The first-order chi connectivity index (χ1) is 30.4. The Balaban J connectivity index is 1.17. The number of H-pyrrole nitrogens is 2. The number of nitrogens with one attached hydrogen (secondary N) is 2. The van der Waals surface area contributed by atoms with Gasteiger partial charge in [0, 0.05) is 78.4 Å². The van der Waals surface area contributed by atoms with Crippen molar-refractivity contribution in [1.29, 1.82) is 0 Å². The highest BCUT2D eigenvalue weighted by Gasteiger charge is 2.73. The number of aliphatic hydroxyl groups excluding tert-OH is 3. The molecule has 0 bridgehead atoms. The lowest BCUT2D eigenvalue weighted by Gasteiger charge is -2.61. The van der Waals surface area contributed by atoms with Crippen LogP contribution in [0, 0.1) is 81.8 Å². The van der Waals surface area contributed by atoms with E-state index in [9.17, 15) is 35.1 Å². The van der Waals surface area contributed by atoms with Crippen LogP contribution in [0.2, 0.25) is 0 Å². The van der Waals surface area contributed by atoms with E-state index in [4.69, 9.17) is 4.74 Å². The maximum Gasteiger partial charge on any atom is 0.313 e. The molecule has 17 atom stereocenters. The van der Waals surface area contributed by atoms with E-state index in [2.05, 4.69) is 73.4 Å². The molecule has 11 nitrogen and oxygen atoms in total. The number of aliphatic hydroxyl groups is 5. The van der Waals surface area contributed by atoms with E-state index in [1.54, 1.807) is 13.0 Å². The number of carbonyl (C=O) groups excluding carboxylic acids is 2. The number of hydrogen-bond donors (Lipinski definition) is 7. The molecule has 4 fully saturated rings. The van der Waals surface area contributed by atoms with Gasteiger partial charge in [0.1, 0.15) is 0 Å². The Kier molecular flexibility index (Phi) is 12.0. The van der Waals surface area contributed by atoms with Crippen molar-refractivity contribution < 1.29 is 39.9 Å². The molecule has 0 aromatic carbocycles. The van der Waals surface area contributed by atoms with Gasteiger partial charge in [0.15, 0.2) is 5.78 Å². The molecule has 11 heteroatoms. The average molecular weight is 880 g/mol. The van der Waals surface area contributed by atoms with E-state index in [-0.39, 0.29) is 72.4 Å². The number of aryl methyl sites for hydroxylation is 1. The van der Waals surface area contributed by atoms with Crippen LogP contribution in [0.5, 0.6) is 0 Å². The van der Waals surface area contributed by atoms with Crippen molar-refractivity contribution in [2.75, 3.05) is 6.61 Å². The molecule has 0 unspecified atom stereocenters. The van der Waals surface area contributed by atoms with E-state index in [1.807, 2.05) is 30.7 Å². The van der Waals surface area contributed by atoms with E-state index in [1.165, 1.54) is 0 Å². The largest absolute Gasteiger partial charge is 0.465 e. The molecule has 6 aliphatic rings. The van der Waals surface area contributed by atoms with Crippen LogP contribution in [0.25, 0.3) is 10.9 Å². The Morgan fingerprint density at radius 2 is 1.78 bits per heavy atom. The summed E-state index contributed by atoms with van der Waals surface area (Å²) in [5.74, 6) is 5.66. The topological polar surface area (TPSA) is 181 Å². The zero-order valence-electron chi connectivity index (χ0n) is 38.8. The van der Waals surface area contributed by atoms with Crippen molar-refractivity contribution in [2.45, 2.75) is 154 Å². The lowest BCUT2D eigenvalue weighted by Crippen LogP contribution is -2.64. The zero-order valence-corrected chi connectivity index (χ0v) is 38.8. The summed E-state index contributed by atoms with van der Waals surface area (Å²) in [4.78, 5) is 34.3. The molecule has 5 aliphatic carbocycles. The Labute approximate surface area is 378 Å². The van der Waals surface area contributed by atoms with Crippen LogP contribution < -0.4 is 0 Å². The van der Waals surface area contributed by atoms with Gasteiger partial charge in [0.25, 0.3) is 0 Å². The van der Waals surface area contributed by atoms with Crippen molar-refractivity contribution >= 4 is 22.7 Å². The molecule has 0 spiro atoms. The van der Waals surface area contributed by atoms with Gasteiger partial charge >= 0.3 is 5.97 Å². The molecule has 3 aromatic rings. The van der Waals surface area contributed by atoms with Crippen LogP contribution in [0.15, 0.2) is 54.8 Å². The van der Waals surface area contributed by atoms with Gasteiger partial charge < -0.3 is 44.8 Å². The average Bonchev–Trinajstić information content (AvgIpc) is 4.08. The third-order valence-corrected chi connectivity index (χ3v) is 18.7. The molecule has 348 valence electrons. The summed E-state index contributed by atoms with van der Waals surface area (Å²) in [6, 6.07) is 3.99. The Bertz CT molecular complexity index is 2250. The highest BCUT2D eigenvalue weighted by Crippen LogP contribution is 2.72. The first kappa shape index (κ1) is 45.5. The molecule has 1 saturated heterocycles. The van der Waals surface area contributed by atoms with Gasteiger partial charge in [-0.3, -0.25) is 9.59 Å². The number of aromatic amines is 2. The van der Waals surface area contributed by atoms with Crippen molar-refractivity contribution in [3.8, 4) is 11.8 Å². The van der Waals surface area contributed by atoms with Gasteiger partial charge in [0.2, 0.25) is 0 Å². The number of rotatable bonds is 8. The fraction of sp³-hybridized carbons (Fsp3) is 0.698. The van der Waals surface area contributed by atoms with Gasteiger partial charge in [-0.2, -0.15) is 0 Å². The minimum Gasteiger partial charge on any atom is -0.465 e. The van der Waals surface area contributed by atoms with Crippen LogP contribution in [-0.2, 0) is 20.9 Å². The van der Waals surface area contributed by atoms with E-state index < -0.39 is 58.1 Å². The Morgan fingerprint density at radius 3 is 2.52 bits per heavy atom. The number of carbonyl (C=O) groups is 2. The molecule has 1 aliphatic heterocycles. The van der Waals surface area contributed by atoms with Crippen LogP contribution in [0.3, 0.4) is 0 Å². The summed E-state index contributed by atoms with van der Waals surface area (Å²) in [5, 5.41) is 62.9. The molecule has 7 N–H and O–H groups in total. The first-order valence-corrected chi connectivity index (χ1v) is 24.5. The molecule has 0 radical (unpaired) electrons. The summed E-state index contributed by atoms with van der Waals surface area (Å²) < 4.78 is 7.99. The summed E-state index contributed by atoms with van der Waals surface area (Å²) in [5.41, 5.74) is -2.20. The van der Waals surface area contributed by atoms with Crippen molar-refractivity contribution in [3.05, 3.63) is 60.3 Å². The van der Waals surface area contributed by atoms with Gasteiger partial charge in [0.05, 0.1) is 47.6 Å². The highest BCUT2D eigenvalue weighted by molar-refractivity contribution is 5.95. The number of nitrogens with zero attached hydrogens (tertiary/aromatic N) is 1.